The molecule has 42 heavy (non-hydrogen) atoms. The Morgan fingerprint density at radius 3 is 2.50 bits per heavy atom. The van der Waals surface area contributed by atoms with Crippen molar-refractivity contribution in [1.29, 1.82) is 0 Å². The number of quaternary nitrogens is 1. The molecular weight excluding hydrogens is 526 g/mol. The van der Waals surface area contributed by atoms with Crippen LogP contribution in [0.5, 0.6) is 0 Å². The molecule has 1 amide bonds. The summed E-state index contributed by atoms with van der Waals surface area (Å²) in [6, 6.07) is 18.0. The van der Waals surface area contributed by atoms with E-state index >= 15 is 0 Å². The average molecular weight is 568 g/mol. The number of hydrogen-bond acceptors (Lipinski definition) is 6. The molecule has 6 rings (SSSR count). The van der Waals surface area contributed by atoms with E-state index in [1.54, 1.807) is 11.3 Å². The number of nitrogen functional groups attached to an aromatic ring is 1. The topological polar surface area (TPSA) is 121 Å². The fourth-order valence-corrected chi connectivity index (χ4v) is 7.03. The Morgan fingerprint density at radius 1 is 1.05 bits per heavy atom. The average Bonchev–Trinajstić information content (AvgIpc) is 3.67. The van der Waals surface area contributed by atoms with Gasteiger partial charge in [-0.1, -0.05) is 66.3 Å². The lowest BCUT2D eigenvalue weighted by atomic mass is 9.65. The fourth-order valence-electron chi connectivity index (χ4n) is 7.03. The second-order valence-electron chi connectivity index (χ2n) is 11.9. The number of hydrogen-bond donors (Lipinski definition) is 3. The van der Waals surface area contributed by atoms with Crippen molar-refractivity contribution in [1.82, 2.24) is 19.5 Å². The second kappa shape index (κ2) is 12.2. The summed E-state index contributed by atoms with van der Waals surface area (Å²) in [7, 11) is 0. The van der Waals surface area contributed by atoms with Crippen LogP contribution in [0.3, 0.4) is 0 Å². The molecule has 0 radical (unpaired) electrons. The maximum absolute atomic E-state index is 14.1. The van der Waals surface area contributed by atoms with E-state index in [9.17, 15) is 10.0 Å². The van der Waals surface area contributed by atoms with Crippen molar-refractivity contribution < 1.29 is 9.97 Å². The Kier molecular flexibility index (Phi) is 8.26. The third kappa shape index (κ3) is 5.65. The van der Waals surface area contributed by atoms with Crippen molar-refractivity contribution in [2.45, 2.75) is 63.1 Å². The Bertz CT molecular complexity index is 1440. The number of piperidine rings is 1. The smallest absolute Gasteiger partial charge is 0.251 e. The van der Waals surface area contributed by atoms with Crippen LogP contribution in [0.1, 0.15) is 55.3 Å². The molecule has 0 spiro atoms. The SMILES string of the molecule is NC(=O)C1CCCN1[NH+]([O-])c1c(CN2CCC(C3=CC=CCC3)(c3ccccc3)CC2)ncn1Cc1ccc(N)cc1. The number of carbonyl (C=O) groups excluding carboxylic acids is 1. The summed E-state index contributed by atoms with van der Waals surface area (Å²) in [5, 5.41) is 15.5. The molecule has 1 aromatic heterocycles. The quantitative estimate of drug-likeness (QED) is 0.270. The maximum atomic E-state index is 14.1. The van der Waals surface area contributed by atoms with Crippen LogP contribution in [0.15, 0.2) is 84.7 Å². The molecule has 3 aliphatic rings. The van der Waals surface area contributed by atoms with Gasteiger partial charge in [-0.15, -0.1) is 5.01 Å². The number of allylic oxidation sites excluding steroid dienone is 4. The zero-order valence-corrected chi connectivity index (χ0v) is 24.1. The largest absolute Gasteiger partial charge is 0.607 e. The lowest BCUT2D eigenvalue weighted by Crippen LogP contribution is -3.11. The van der Waals surface area contributed by atoms with E-state index in [-0.39, 0.29) is 10.6 Å². The first-order valence-electron chi connectivity index (χ1n) is 15.1. The van der Waals surface area contributed by atoms with Crippen LogP contribution in [0.2, 0.25) is 0 Å². The summed E-state index contributed by atoms with van der Waals surface area (Å²) in [4.78, 5) is 19.4. The molecule has 2 atom stereocenters. The molecule has 9 nitrogen and oxygen atoms in total. The monoisotopic (exact) mass is 567 g/mol. The zero-order chi connectivity index (χ0) is 29.1. The van der Waals surface area contributed by atoms with Crippen LogP contribution in [0.25, 0.3) is 0 Å². The number of anilines is 1. The number of aromatic nitrogens is 2. The molecule has 2 fully saturated rings. The van der Waals surface area contributed by atoms with Gasteiger partial charge in [0, 0.05) is 24.2 Å². The van der Waals surface area contributed by atoms with Gasteiger partial charge in [0.05, 0.1) is 6.54 Å². The van der Waals surface area contributed by atoms with Crippen molar-refractivity contribution in [3.8, 4) is 0 Å². The summed E-state index contributed by atoms with van der Waals surface area (Å²) >= 11 is 0. The summed E-state index contributed by atoms with van der Waals surface area (Å²) in [6.07, 6.45) is 14.1. The molecule has 1 aliphatic carbocycles. The highest BCUT2D eigenvalue weighted by Crippen LogP contribution is 2.44. The number of carbonyl (C=O) groups is 1. The Hall–Kier alpha value is -3.76. The van der Waals surface area contributed by atoms with Gasteiger partial charge in [-0.2, -0.15) is 0 Å². The van der Waals surface area contributed by atoms with Crippen molar-refractivity contribution in [2.75, 3.05) is 25.4 Å². The number of benzene rings is 2. The van der Waals surface area contributed by atoms with E-state index in [4.69, 9.17) is 16.5 Å². The van der Waals surface area contributed by atoms with Crippen LogP contribution in [0.4, 0.5) is 11.5 Å². The minimum Gasteiger partial charge on any atom is -0.607 e. The predicted molar refractivity (Wildman–Crippen MR) is 164 cm³/mol. The van der Waals surface area contributed by atoms with Crippen molar-refractivity contribution in [2.24, 2.45) is 5.73 Å². The number of rotatable bonds is 9. The van der Waals surface area contributed by atoms with Crippen LogP contribution >= 0.6 is 0 Å². The third-order valence-corrected chi connectivity index (χ3v) is 9.33. The number of amides is 1. The minimum absolute atomic E-state index is 0.0277. The summed E-state index contributed by atoms with van der Waals surface area (Å²) in [6.45, 7) is 3.40. The van der Waals surface area contributed by atoms with E-state index in [1.807, 2.05) is 28.8 Å². The molecular formula is C33H41N7O2. The second-order valence-corrected chi connectivity index (χ2v) is 11.9. The lowest BCUT2D eigenvalue weighted by Gasteiger charge is -2.44. The summed E-state index contributed by atoms with van der Waals surface area (Å²) < 4.78 is 1.91. The van der Waals surface area contributed by atoms with Gasteiger partial charge in [-0.3, -0.25) is 14.3 Å². The number of nitrogens with two attached hydrogens (primary N) is 2. The molecule has 2 unspecified atom stereocenters. The van der Waals surface area contributed by atoms with Gasteiger partial charge >= 0.3 is 0 Å². The molecule has 2 aromatic carbocycles. The zero-order valence-electron chi connectivity index (χ0n) is 24.1. The first kappa shape index (κ1) is 28.4. The first-order chi connectivity index (χ1) is 20.4. The third-order valence-electron chi connectivity index (χ3n) is 9.33. The molecule has 9 heteroatoms. The van der Waals surface area contributed by atoms with Crippen molar-refractivity contribution in [3.63, 3.8) is 0 Å². The highest BCUT2D eigenvalue weighted by Gasteiger charge is 2.40. The van der Waals surface area contributed by atoms with Gasteiger partial charge in [0.2, 0.25) is 5.91 Å². The molecule has 3 aromatic rings. The Balaban J connectivity index is 1.26. The number of imidazole rings is 1. The number of nitrogens with zero attached hydrogens (tertiary/aromatic N) is 4. The van der Waals surface area contributed by atoms with Gasteiger partial charge in [0.1, 0.15) is 18.1 Å². The normalized spacial score (nSPS) is 21.7. The summed E-state index contributed by atoms with van der Waals surface area (Å²) in [5.74, 6) is 0.0899. The van der Waals surface area contributed by atoms with Gasteiger partial charge in [0.25, 0.3) is 5.82 Å². The van der Waals surface area contributed by atoms with Crippen LogP contribution in [-0.4, -0.2) is 51.0 Å². The van der Waals surface area contributed by atoms with Gasteiger partial charge in [-0.25, -0.2) is 10.2 Å². The Labute approximate surface area is 247 Å². The van der Waals surface area contributed by atoms with Crippen LogP contribution in [-0.2, 0) is 23.3 Å². The lowest BCUT2D eigenvalue weighted by molar-refractivity contribution is -0.916. The first-order valence-corrected chi connectivity index (χ1v) is 15.1. The molecule has 3 heterocycles. The number of primary amides is 1. The van der Waals surface area contributed by atoms with Gasteiger partial charge in [-0.05, 0) is 74.9 Å². The highest BCUT2D eigenvalue weighted by atomic mass is 16.6. The molecule has 220 valence electrons. The molecule has 0 bridgehead atoms. The standard InChI is InChI=1S/C33H41N7O2/c34-28-15-13-25(14-16-28)22-38-24-36-29(32(38)40(42)39-19-7-12-30(39)31(35)41)23-37-20-17-33(18-21-37,26-8-3-1-4-9-26)27-10-5-2-6-11-27/h1-5,8-10,13-16,24,30,40H,6-7,11-12,17-23,34H2,(H2,35,41). The van der Waals surface area contributed by atoms with Gasteiger partial charge < -0.3 is 16.7 Å². The number of nitrogens with one attached hydrogen (secondary N) is 1. The summed E-state index contributed by atoms with van der Waals surface area (Å²) in [5.41, 5.74) is 17.0. The van der Waals surface area contributed by atoms with E-state index in [2.05, 4.69) is 53.5 Å². The van der Waals surface area contributed by atoms with Gasteiger partial charge in [0.15, 0.2) is 0 Å². The minimum atomic E-state index is -0.579. The van der Waals surface area contributed by atoms with Crippen molar-refractivity contribution >= 4 is 17.4 Å². The van der Waals surface area contributed by atoms with Crippen LogP contribution in [0, 0.1) is 5.21 Å². The van der Waals surface area contributed by atoms with E-state index in [0.717, 1.165) is 56.5 Å². The van der Waals surface area contributed by atoms with Crippen LogP contribution < -0.4 is 16.6 Å². The molecule has 0 saturated carbocycles. The van der Waals surface area contributed by atoms with E-state index in [1.165, 1.54) is 11.1 Å². The number of likely N-dealkylation sites (tertiary alicyclic amines) is 1. The Morgan fingerprint density at radius 2 is 1.81 bits per heavy atom. The maximum Gasteiger partial charge on any atom is 0.251 e. The highest BCUT2D eigenvalue weighted by molar-refractivity contribution is 5.79. The fraction of sp³-hybridized carbons (Fsp3) is 0.394. The van der Waals surface area contributed by atoms with Crippen molar-refractivity contribution in [3.05, 3.63) is 107 Å². The predicted octanol–water partition coefficient (Wildman–Crippen LogP) is 3.20. The molecule has 5 N–H and O–H groups in total. The van der Waals surface area contributed by atoms with E-state index < -0.39 is 11.9 Å². The van der Waals surface area contributed by atoms with E-state index in [0.29, 0.717) is 37.6 Å². The molecule has 2 aliphatic heterocycles. The molecule has 2 saturated heterocycles.